The number of hydrogen-bond donors (Lipinski definition) is 3. The molecule has 39 heavy (non-hydrogen) atoms. The minimum Gasteiger partial charge on any atom is -0.378 e. The van der Waals surface area contributed by atoms with E-state index in [9.17, 15) is 15.3 Å². The summed E-state index contributed by atoms with van der Waals surface area (Å²) < 4.78 is 0. The smallest absolute Gasteiger partial charge is 0.142 e. The summed E-state index contributed by atoms with van der Waals surface area (Å²) in [4.78, 5) is 22.0. The Balaban J connectivity index is 2.75. The predicted octanol–water partition coefficient (Wildman–Crippen LogP) is 2.06. The maximum absolute atomic E-state index is 9.96. The molecule has 1 aliphatic rings. The van der Waals surface area contributed by atoms with Gasteiger partial charge in [-0.1, -0.05) is 19.3 Å². The van der Waals surface area contributed by atoms with E-state index in [4.69, 9.17) is 35.3 Å². The molecule has 13 heteroatoms. The van der Waals surface area contributed by atoms with Crippen molar-refractivity contribution in [3.8, 4) is 18.2 Å². The van der Waals surface area contributed by atoms with Crippen LogP contribution >= 0.6 is 0 Å². The lowest BCUT2D eigenvalue weighted by atomic mass is 9.85. The molecular formula is C26H39N7O6. The van der Waals surface area contributed by atoms with Crippen LogP contribution < -0.4 is 15.2 Å². The van der Waals surface area contributed by atoms with E-state index >= 15 is 0 Å². The lowest BCUT2D eigenvalue weighted by Crippen LogP contribution is -2.35. The summed E-state index contributed by atoms with van der Waals surface area (Å²) in [6.45, 7) is 0.415. The first kappa shape index (κ1) is 32.0. The fraction of sp³-hybridized carbons (Fsp3) is 0.692. The van der Waals surface area contributed by atoms with Crippen LogP contribution in [0.4, 0.5) is 17.1 Å². The standard InChI is InChI=1S/C26H39N7O6/c1-37-31(12-9-20(34)15-27)23-18-30-24(19-7-5-4-6-8-19)26(33(39-3)14-11-22(36)17-29)25(23)32(38-2)13-10-21(35)16-28/h18-22,34-36H,4-14H2,1-3H3. The van der Waals surface area contributed by atoms with Crippen molar-refractivity contribution in [2.24, 2.45) is 0 Å². The average molecular weight is 546 g/mol. The molecule has 2 rings (SSSR count). The fourth-order valence-electron chi connectivity index (χ4n) is 4.66. The fourth-order valence-corrected chi connectivity index (χ4v) is 4.66. The van der Waals surface area contributed by atoms with Crippen LogP contribution in [0, 0.1) is 34.0 Å². The molecule has 13 nitrogen and oxygen atoms in total. The third-order valence-corrected chi connectivity index (χ3v) is 6.72. The maximum atomic E-state index is 9.96. The van der Waals surface area contributed by atoms with Gasteiger partial charge in [0.1, 0.15) is 35.4 Å². The molecule has 1 aromatic heterocycles. The molecule has 3 N–H and O–H groups in total. The van der Waals surface area contributed by atoms with Crippen LogP contribution in [0.2, 0.25) is 0 Å². The number of anilines is 3. The van der Waals surface area contributed by atoms with Gasteiger partial charge in [0.25, 0.3) is 0 Å². The maximum Gasteiger partial charge on any atom is 0.142 e. The number of rotatable bonds is 16. The van der Waals surface area contributed by atoms with Gasteiger partial charge in [-0.3, -0.25) is 29.6 Å². The summed E-state index contributed by atoms with van der Waals surface area (Å²) in [5.74, 6) is 0.111. The van der Waals surface area contributed by atoms with Crippen LogP contribution in [0.15, 0.2) is 6.20 Å². The number of aliphatic hydroxyl groups is 3. The van der Waals surface area contributed by atoms with Gasteiger partial charge in [-0.15, -0.1) is 0 Å². The molecule has 0 saturated heterocycles. The van der Waals surface area contributed by atoms with Crippen LogP contribution in [0.25, 0.3) is 0 Å². The highest BCUT2D eigenvalue weighted by Crippen LogP contribution is 2.46. The van der Waals surface area contributed by atoms with Crippen molar-refractivity contribution >= 4 is 17.1 Å². The number of nitriles is 3. The van der Waals surface area contributed by atoms with E-state index < -0.39 is 18.3 Å². The summed E-state index contributed by atoms with van der Waals surface area (Å²) in [5.41, 5.74) is 2.20. The van der Waals surface area contributed by atoms with E-state index in [1.807, 2.05) is 12.1 Å². The topological polar surface area (TPSA) is 182 Å². The lowest BCUT2D eigenvalue weighted by molar-refractivity contribution is 0.133. The minimum atomic E-state index is -1.22. The molecule has 0 aromatic carbocycles. The summed E-state index contributed by atoms with van der Waals surface area (Å²) in [5, 5.41) is 61.6. The minimum absolute atomic E-state index is 0.0740. The van der Waals surface area contributed by atoms with E-state index in [0.717, 1.165) is 37.8 Å². The number of pyridine rings is 1. The number of hydroxylamine groups is 3. The average Bonchev–Trinajstić information content (AvgIpc) is 2.98. The van der Waals surface area contributed by atoms with Crippen LogP contribution in [0.5, 0.6) is 0 Å². The van der Waals surface area contributed by atoms with Gasteiger partial charge in [-0.05, 0) is 12.8 Å². The third kappa shape index (κ3) is 8.91. The highest BCUT2D eigenvalue weighted by Gasteiger charge is 2.32. The van der Waals surface area contributed by atoms with Crippen molar-refractivity contribution in [1.82, 2.24) is 4.98 Å². The van der Waals surface area contributed by atoms with Crippen molar-refractivity contribution in [3.63, 3.8) is 0 Å². The van der Waals surface area contributed by atoms with Gasteiger partial charge in [-0.25, -0.2) is 5.06 Å². The van der Waals surface area contributed by atoms with Crippen LogP contribution in [-0.2, 0) is 14.5 Å². The Bertz CT molecular complexity index is 1020. The van der Waals surface area contributed by atoms with Gasteiger partial charge < -0.3 is 15.3 Å². The second-order valence-electron chi connectivity index (χ2n) is 9.22. The zero-order chi connectivity index (χ0) is 28.8. The first-order valence-corrected chi connectivity index (χ1v) is 13.1. The molecule has 1 fully saturated rings. The zero-order valence-corrected chi connectivity index (χ0v) is 22.9. The molecule has 1 heterocycles. The van der Waals surface area contributed by atoms with Crippen LogP contribution in [0.3, 0.4) is 0 Å². The Morgan fingerprint density at radius 1 is 0.769 bits per heavy atom. The van der Waals surface area contributed by atoms with Gasteiger partial charge in [0, 0.05) is 44.8 Å². The van der Waals surface area contributed by atoms with E-state index in [2.05, 4.69) is 0 Å². The Labute approximate surface area is 229 Å². The number of nitrogens with zero attached hydrogens (tertiary/aromatic N) is 7. The van der Waals surface area contributed by atoms with Crippen LogP contribution in [0.1, 0.15) is 63.0 Å². The Kier molecular flexibility index (Phi) is 13.7. The van der Waals surface area contributed by atoms with Crippen LogP contribution in [-0.4, -0.2) is 79.6 Å². The largest absolute Gasteiger partial charge is 0.378 e. The van der Waals surface area contributed by atoms with Crippen molar-refractivity contribution in [2.75, 3.05) is 56.2 Å². The highest BCUT2D eigenvalue weighted by molar-refractivity contribution is 5.84. The molecule has 0 aliphatic heterocycles. The molecule has 0 spiro atoms. The van der Waals surface area contributed by atoms with Gasteiger partial charge in [0.15, 0.2) is 0 Å². The quantitative estimate of drug-likeness (QED) is 0.203. The van der Waals surface area contributed by atoms with Crippen molar-refractivity contribution in [2.45, 2.75) is 75.6 Å². The molecule has 3 atom stereocenters. The van der Waals surface area contributed by atoms with E-state index in [1.54, 1.807) is 17.3 Å². The first-order chi connectivity index (χ1) is 18.8. The Morgan fingerprint density at radius 3 is 1.64 bits per heavy atom. The monoisotopic (exact) mass is 545 g/mol. The second kappa shape index (κ2) is 16.7. The summed E-state index contributed by atoms with van der Waals surface area (Å²) in [6.07, 6.45) is 3.33. The van der Waals surface area contributed by atoms with Crippen molar-refractivity contribution in [1.29, 1.82) is 15.8 Å². The molecule has 3 unspecified atom stereocenters. The lowest BCUT2D eigenvalue weighted by Gasteiger charge is -2.36. The first-order valence-electron chi connectivity index (χ1n) is 13.1. The molecular weight excluding hydrogens is 506 g/mol. The van der Waals surface area contributed by atoms with Crippen molar-refractivity contribution < 1.29 is 29.8 Å². The van der Waals surface area contributed by atoms with Gasteiger partial charge in [-0.2, -0.15) is 15.8 Å². The second-order valence-corrected chi connectivity index (χ2v) is 9.22. The molecule has 0 radical (unpaired) electrons. The molecule has 214 valence electrons. The van der Waals surface area contributed by atoms with Gasteiger partial charge in [0.05, 0.1) is 51.4 Å². The molecule has 0 amide bonds. The highest BCUT2D eigenvalue weighted by atomic mass is 16.7. The number of hydrogen-bond acceptors (Lipinski definition) is 13. The zero-order valence-electron chi connectivity index (χ0n) is 22.9. The number of aromatic nitrogens is 1. The summed E-state index contributed by atoms with van der Waals surface area (Å²) in [6, 6.07) is 5.42. The van der Waals surface area contributed by atoms with Crippen molar-refractivity contribution in [3.05, 3.63) is 11.9 Å². The Morgan fingerprint density at radius 2 is 1.21 bits per heavy atom. The predicted molar refractivity (Wildman–Crippen MR) is 142 cm³/mol. The van der Waals surface area contributed by atoms with Gasteiger partial charge in [0.2, 0.25) is 0 Å². The third-order valence-electron chi connectivity index (χ3n) is 6.72. The van der Waals surface area contributed by atoms with E-state index in [-0.39, 0.29) is 44.8 Å². The summed E-state index contributed by atoms with van der Waals surface area (Å²) >= 11 is 0. The molecule has 1 aliphatic carbocycles. The SMILES string of the molecule is CON(CCC(O)C#N)c1cnc(C2CCCCC2)c(N(CCC(O)C#N)OC)c1N(CCC(O)C#N)OC. The molecule has 1 saturated carbocycles. The molecule has 1 aromatic rings. The normalized spacial score (nSPS) is 15.9. The Hall–Kier alpha value is -3.22. The number of aliphatic hydroxyl groups excluding tert-OH is 3. The summed E-state index contributed by atoms with van der Waals surface area (Å²) in [7, 11) is 4.39. The molecule has 0 bridgehead atoms. The van der Waals surface area contributed by atoms with E-state index in [0.29, 0.717) is 17.1 Å². The van der Waals surface area contributed by atoms with E-state index in [1.165, 1.54) is 31.5 Å². The van der Waals surface area contributed by atoms with Gasteiger partial charge >= 0.3 is 0 Å².